The summed E-state index contributed by atoms with van der Waals surface area (Å²) >= 11 is 0. The van der Waals surface area contributed by atoms with Gasteiger partial charge < -0.3 is 15.1 Å². The molecule has 2 fully saturated rings. The SMILES string of the molecule is Cl.Cl.c1ccc(CCCN2CCCN(CC3CCCNC3)CC2)cc1. The molecule has 2 saturated heterocycles. The Kier molecular flexibility index (Phi) is 11.8. The molecule has 1 aromatic rings. The molecule has 0 radical (unpaired) electrons. The van der Waals surface area contributed by atoms with Gasteiger partial charge in [0.1, 0.15) is 0 Å². The van der Waals surface area contributed by atoms with Crippen LogP contribution in [0.4, 0.5) is 0 Å². The first kappa shape index (κ1) is 22.7. The molecule has 0 bridgehead atoms. The molecule has 3 nitrogen and oxygen atoms in total. The number of hydrogen-bond acceptors (Lipinski definition) is 3. The van der Waals surface area contributed by atoms with Gasteiger partial charge >= 0.3 is 0 Å². The third-order valence-electron chi connectivity index (χ3n) is 5.38. The Labute approximate surface area is 166 Å². The van der Waals surface area contributed by atoms with Gasteiger partial charge in [-0.25, -0.2) is 0 Å². The molecular weight excluding hydrogens is 353 g/mol. The van der Waals surface area contributed by atoms with E-state index in [1.54, 1.807) is 0 Å². The van der Waals surface area contributed by atoms with Gasteiger partial charge in [0, 0.05) is 19.6 Å². The Bertz CT molecular complexity index is 438. The fourth-order valence-corrected chi connectivity index (χ4v) is 4.03. The summed E-state index contributed by atoms with van der Waals surface area (Å²) in [5, 5.41) is 3.56. The lowest BCUT2D eigenvalue weighted by molar-refractivity contribution is 0.208. The van der Waals surface area contributed by atoms with Crippen molar-refractivity contribution < 1.29 is 0 Å². The number of halogens is 2. The van der Waals surface area contributed by atoms with Crippen LogP contribution < -0.4 is 5.32 Å². The molecule has 2 aliphatic rings. The molecule has 1 atom stereocenters. The van der Waals surface area contributed by atoms with Crippen LogP contribution in [0.5, 0.6) is 0 Å². The largest absolute Gasteiger partial charge is 0.316 e. The van der Waals surface area contributed by atoms with E-state index in [9.17, 15) is 0 Å². The molecule has 1 aromatic carbocycles. The van der Waals surface area contributed by atoms with Gasteiger partial charge in [-0.05, 0) is 76.3 Å². The van der Waals surface area contributed by atoms with Gasteiger partial charge in [0.25, 0.3) is 0 Å². The molecular formula is C20H35Cl2N3. The van der Waals surface area contributed by atoms with Crippen LogP contribution in [0.3, 0.4) is 0 Å². The van der Waals surface area contributed by atoms with Crippen LogP contribution >= 0.6 is 24.8 Å². The third kappa shape index (κ3) is 8.27. The fourth-order valence-electron chi connectivity index (χ4n) is 4.03. The lowest BCUT2D eigenvalue weighted by Crippen LogP contribution is -2.39. The highest BCUT2D eigenvalue weighted by molar-refractivity contribution is 5.85. The number of aryl methyl sites for hydroxylation is 1. The van der Waals surface area contributed by atoms with Gasteiger partial charge in [0.2, 0.25) is 0 Å². The summed E-state index contributed by atoms with van der Waals surface area (Å²) in [5.41, 5.74) is 1.48. The van der Waals surface area contributed by atoms with E-state index in [2.05, 4.69) is 45.4 Å². The molecule has 0 saturated carbocycles. The lowest BCUT2D eigenvalue weighted by Gasteiger charge is -2.29. The minimum Gasteiger partial charge on any atom is -0.316 e. The summed E-state index contributed by atoms with van der Waals surface area (Å²) < 4.78 is 0. The summed E-state index contributed by atoms with van der Waals surface area (Å²) in [6.45, 7) is 10.1. The Morgan fingerprint density at radius 2 is 1.68 bits per heavy atom. The van der Waals surface area contributed by atoms with E-state index < -0.39 is 0 Å². The van der Waals surface area contributed by atoms with E-state index >= 15 is 0 Å². The maximum absolute atomic E-state index is 3.56. The summed E-state index contributed by atoms with van der Waals surface area (Å²) in [4.78, 5) is 5.40. The third-order valence-corrected chi connectivity index (χ3v) is 5.38. The molecule has 0 aromatic heterocycles. The van der Waals surface area contributed by atoms with Gasteiger partial charge in [-0.1, -0.05) is 30.3 Å². The van der Waals surface area contributed by atoms with Crippen molar-refractivity contribution in [3.63, 3.8) is 0 Å². The van der Waals surface area contributed by atoms with E-state index in [4.69, 9.17) is 0 Å². The average Bonchev–Trinajstić information content (AvgIpc) is 2.82. The summed E-state index contributed by atoms with van der Waals surface area (Å²) in [5.74, 6) is 0.883. The molecule has 0 aliphatic carbocycles. The number of nitrogens with zero attached hydrogens (tertiary/aromatic N) is 2. The van der Waals surface area contributed by atoms with Crippen LogP contribution in [0.1, 0.15) is 31.2 Å². The van der Waals surface area contributed by atoms with Crippen molar-refractivity contribution in [3.8, 4) is 0 Å². The quantitative estimate of drug-likeness (QED) is 0.805. The van der Waals surface area contributed by atoms with Crippen LogP contribution in [0.15, 0.2) is 30.3 Å². The van der Waals surface area contributed by atoms with Crippen molar-refractivity contribution in [1.82, 2.24) is 15.1 Å². The zero-order chi connectivity index (χ0) is 15.7. The molecule has 2 heterocycles. The number of hydrogen-bond donors (Lipinski definition) is 1. The van der Waals surface area contributed by atoms with Gasteiger partial charge in [0.15, 0.2) is 0 Å². The van der Waals surface area contributed by atoms with Crippen molar-refractivity contribution in [3.05, 3.63) is 35.9 Å². The van der Waals surface area contributed by atoms with Gasteiger partial charge in [-0.2, -0.15) is 0 Å². The van der Waals surface area contributed by atoms with E-state index in [0.717, 1.165) is 5.92 Å². The van der Waals surface area contributed by atoms with Crippen molar-refractivity contribution in [2.75, 3.05) is 52.4 Å². The van der Waals surface area contributed by atoms with Crippen molar-refractivity contribution >= 4 is 24.8 Å². The van der Waals surface area contributed by atoms with Crippen molar-refractivity contribution in [2.45, 2.75) is 32.1 Å². The molecule has 0 spiro atoms. The second kappa shape index (κ2) is 12.9. The highest BCUT2D eigenvalue weighted by Gasteiger charge is 2.19. The molecule has 2 aliphatic heterocycles. The first-order valence-electron chi connectivity index (χ1n) is 9.59. The number of benzene rings is 1. The molecule has 1 N–H and O–H groups in total. The van der Waals surface area contributed by atoms with Crippen LogP contribution in [-0.4, -0.2) is 62.2 Å². The number of rotatable bonds is 6. The van der Waals surface area contributed by atoms with Crippen LogP contribution in [0, 0.1) is 5.92 Å². The predicted octanol–water partition coefficient (Wildman–Crippen LogP) is 3.47. The standard InChI is InChI=1S/C20H33N3.2ClH/c1-2-7-19(8-3-1)10-5-12-22-13-6-14-23(16-15-22)18-20-9-4-11-21-17-20;;/h1-3,7-8,20-21H,4-6,9-18H2;2*1H. The smallest absolute Gasteiger partial charge is 0.0109 e. The zero-order valence-electron chi connectivity index (χ0n) is 15.4. The fraction of sp³-hybridized carbons (Fsp3) is 0.700. The molecule has 144 valence electrons. The molecule has 0 amide bonds. The van der Waals surface area contributed by atoms with E-state index in [1.807, 2.05) is 0 Å². The minimum absolute atomic E-state index is 0. The molecule has 3 rings (SSSR count). The summed E-state index contributed by atoms with van der Waals surface area (Å²) in [6, 6.07) is 10.9. The van der Waals surface area contributed by atoms with Crippen LogP contribution in [-0.2, 0) is 6.42 Å². The topological polar surface area (TPSA) is 18.5 Å². The van der Waals surface area contributed by atoms with Crippen LogP contribution in [0.2, 0.25) is 0 Å². The highest BCUT2D eigenvalue weighted by Crippen LogP contribution is 2.14. The Morgan fingerprint density at radius 3 is 2.44 bits per heavy atom. The maximum Gasteiger partial charge on any atom is 0.0109 e. The summed E-state index contributed by atoms with van der Waals surface area (Å²) in [6.07, 6.45) is 6.63. The van der Waals surface area contributed by atoms with Gasteiger partial charge in [-0.3, -0.25) is 0 Å². The average molecular weight is 388 g/mol. The molecule has 1 unspecified atom stereocenters. The summed E-state index contributed by atoms with van der Waals surface area (Å²) in [7, 11) is 0. The van der Waals surface area contributed by atoms with Crippen molar-refractivity contribution in [2.24, 2.45) is 5.92 Å². The number of piperidine rings is 1. The Balaban J connectivity index is 0.00000156. The first-order valence-corrected chi connectivity index (χ1v) is 9.59. The Hall–Kier alpha value is -0.320. The van der Waals surface area contributed by atoms with Gasteiger partial charge in [-0.15, -0.1) is 24.8 Å². The van der Waals surface area contributed by atoms with E-state index in [1.165, 1.54) is 90.0 Å². The Morgan fingerprint density at radius 1 is 0.920 bits per heavy atom. The monoisotopic (exact) mass is 387 g/mol. The predicted molar refractivity (Wildman–Crippen MR) is 112 cm³/mol. The number of nitrogens with one attached hydrogen (secondary N) is 1. The molecule has 5 heteroatoms. The zero-order valence-corrected chi connectivity index (χ0v) is 17.0. The maximum atomic E-state index is 3.56. The first-order chi connectivity index (χ1) is 11.4. The van der Waals surface area contributed by atoms with E-state index in [-0.39, 0.29) is 24.8 Å². The van der Waals surface area contributed by atoms with Crippen molar-refractivity contribution in [1.29, 1.82) is 0 Å². The second-order valence-electron chi connectivity index (χ2n) is 7.30. The van der Waals surface area contributed by atoms with Gasteiger partial charge in [0.05, 0.1) is 0 Å². The normalized spacial score (nSPS) is 22.5. The van der Waals surface area contributed by atoms with E-state index in [0.29, 0.717) is 0 Å². The molecule has 25 heavy (non-hydrogen) atoms. The second-order valence-corrected chi connectivity index (χ2v) is 7.30. The lowest BCUT2D eigenvalue weighted by atomic mass is 9.99. The minimum atomic E-state index is 0. The highest BCUT2D eigenvalue weighted by atomic mass is 35.5. The van der Waals surface area contributed by atoms with Crippen LogP contribution in [0.25, 0.3) is 0 Å².